The Morgan fingerprint density at radius 1 is 0.967 bits per heavy atom. The lowest BCUT2D eigenvalue weighted by atomic mass is 10.1. The molecule has 2 aromatic carbocycles. The number of para-hydroxylation sites is 1. The van der Waals surface area contributed by atoms with Crippen molar-refractivity contribution in [1.82, 2.24) is 19.4 Å². The number of piperidine rings is 1. The van der Waals surface area contributed by atoms with Crippen LogP contribution in [0.4, 0.5) is 0 Å². The van der Waals surface area contributed by atoms with Gasteiger partial charge in [-0.3, -0.25) is 4.90 Å². The molecule has 4 rings (SSSR count). The molecular weight excluding hydrogens is 396 g/mol. The van der Waals surface area contributed by atoms with Crippen LogP contribution in [-0.4, -0.2) is 42.2 Å². The Bertz CT molecular complexity index is 1090. The topological polar surface area (TPSA) is 67.2 Å². The van der Waals surface area contributed by atoms with Crippen LogP contribution in [0.2, 0.25) is 0 Å². The Hall–Kier alpha value is -2.48. The van der Waals surface area contributed by atoms with Gasteiger partial charge in [-0.15, -0.1) is 0 Å². The minimum Gasteiger partial charge on any atom is -0.299 e. The number of aryl methyl sites for hydroxylation is 1. The molecule has 1 aliphatic rings. The molecular formula is C23H28N4O2S. The molecule has 1 aromatic heterocycles. The van der Waals surface area contributed by atoms with Gasteiger partial charge in [0.25, 0.3) is 0 Å². The highest BCUT2D eigenvalue weighted by Gasteiger charge is 2.29. The highest BCUT2D eigenvalue weighted by atomic mass is 32.2. The highest BCUT2D eigenvalue weighted by Crippen LogP contribution is 2.24. The molecule has 3 aromatic rings. The zero-order valence-electron chi connectivity index (χ0n) is 17.5. The van der Waals surface area contributed by atoms with Crippen LogP contribution in [0.15, 0.2) is 65.6 Å². The number of aromatic nitrogens is 2. The molecule has 1 aliphatic heterocycles. The number of nitrogens with zero attached hydrogens (tertiary/aromatic N) is 3. The van der Waals surface area contributed by atoms with Crippen molar-refractivity contribution in [1.29, 1.82) is 0 Å². The van der Waals surface area contributed by atoms with E-state index in [-0.39, 0.29) is 10.9 Å². The first-order valence-corrected chi connectivity index (χ1v) is 11.8. The van der Waals surface area contributed by atoms with Crippen LogP contribution in [0.25, 0.3) is 5.69 Å². The summed E-state index contributed by atoms with van der Waals surface area (Å²) in [5, 5.41) is 4.49. The van der Waals surface area contributed by atoms with Crippen molar-refractivity contribution in [2.75, 3.05) is 13.1 Å². The number of hydrogen-bond donors (Lipinski definition) is 1. The zero-order valence-corrected chi connectivity index (χ0v) is 18.3. The van der Waals surface area contributed by atoms with Crippen molar-refractivity contribution >= 4 is 10.0 Å². The summed E-state index contributed by atoms with van der Waals surface area (Å²) in [5.74, 6) is 0. The second-order valence-electron chi connectivity index (χ2n) is 7.90. The van der Waals surface area contributed by atoms with E-state index in [2.05, 4.69) is 39.0 Å². The fourth-order valence-corrected chi connectivity index (χ4v) is 5.86. The number of hydrogen-bond acceptors (Lipinski definition) is 4. The molecule has 1 fully saturated rings. The van der Waals surface area contributed by atoms with E-state index in [1.165, 1.54) is 5.56 Å². The molecule has 2 heterocycles. The molecule has 0 radical (unpaired) electrons. The molecule has 0 saturated carbocycles. The lowest BCUT2D eigenvalue weighted by Crippen LogP contribution is -2.44. The quantitative estimate of drug-likeness (QED) is 0.658. The Labute approximate surface area is 178 Å². The fraction of sp³-hybridized carbons (Fsp3) is 0.348. The summed E-state index contributed by atoms with van der Waals surface area (Å²) in [4.78, 5) is 2.67. The van der Waals surface area contributed by atoms with Crippen LogP contribution in [0.3, 0.4) is 0 Å². The third kappa shape index (κ3) is 4.48. The fourth-order valence-electron chi connectivity index (χ4n) is 4.17. The van der Waals surface area contributed by atoms with Gasteiger partial charge in [-0.25, -0.2) is 17.8 Å². The molecule has 1 saturated heterocycles. The Kier molecular flexibility index (Phi) is 6.04. The van der Waals surface area contributed by atoms with E-state index in [0.29, 0.717) is 11.4 Å². The van der Waals surface area contributed by atoms with Gasteiger partial charge in [0, 0.05) is 25.7 Å². The van der Waals surface area contributed by atoms with Crippen molar-refractivity contribution in [2.45, 2.75) is 44.2 Å². The van der Waals surface area contributed by atoms with Gasteiger partial charge in [-0.05, 0) is 44.4 Å². The molecule has 0 unspecified atom stereocenters. The molecule has 0 spiro atoms. The van der Waals surface area contributed by atoms with Gasteiger partial charge in [-0.2, -0.15) is 5.10 Å². The Morgan fingerprint density at radius 3 is 2.20 bits per heavy atom. The number of benzene rings is 2. The highest BCUT2D eigenvalue weighted by molar-refractivity contribution is 7.89. The van der Waals surface area contributed by atoms with Crippen LogP contribution in [0.5, 0.6) is 0 Å². The van der Waals surface area contributed by atoms with E-state index < -0.39 is 10.0 Å². The average Bonchev–Trinajstić information content (AvgIpc) is 3.05. The lowest BCUT2D eigenvalue weighted by molar-refractivity contribution is 0.200. The predicted octanol–water partition coefficient (Wildman–Crippen LogP) is 3.43. The minimum atomic E-state index is -3.64. The summed E-state index contributed by atoms with van der Waals surface area (Å²) in [7, 11) is -3.64. The largest absolute Gasteiger partial charge is 0.299 e. The summed E-state index contributed by atoms with van der Waals surface area (Å²) >= 11 is 0. The molecule has 7 heteroatoms. The van der Waals surface area contributed by atoms with Crippen LogP contribution in [0.1, 0.15) is 29.8 Å². The third-order valence-corrected chi connectivity index (χ3v) is 7.42. The van der Waals surface area contributed by atoms with Crippen molar-refractivity contribution in [3.63, 3.8) is 0 Å². The normalized spacial score (nSPS) is 16.1. The Morgan fingerprint density at radius 2 is 1.57 bits per heavy atom. The summed E-state index contributed by atoms with van der Waals surface area (Å²) in [6.45, 7) is 6.22. The predicted molar refractivity (Wildman–Crippen MR) is 118 cm³/mol. The maximum absolute atomic E-state index is 13.2. The smallest absolute Gasteiger partial charge is 0.244 e. The van der Waals surface area contributed by atoms with Crippen LogP contribution >= 0.6 is 0 Å². The standard InChI is InChI=1S/C23H28N4O2S/c1-18-23(19(2)27(24-18)22-11-7-4-8-12-22)30(28,29)25-21-13-15-26(16-14-21)17-20-9-5-3-6-10-20/h3-12,21,25H,13-17H2,1-2H3. The van der Waals surface area contributed by atoms with Gasteiger partial charge in [-0.1, -0.05) is 48.5 Å². The van der Waals surface area contributed by atoms with Gasteiger partial charge in [0.05, 0.1) is 17.1 Å². The van der Waals surface area contributed by atoms with Crippen LogP contribution in [-0.2, 0) is 16.6 Å². The number of nitrogens with one attached hydrogen (secondary N) is 1. The van der Waals surface area contributed by atoms with Crippen molar-refractivity contribution in [2.24, 2.45) is 0 Å². The number of sulfonamides is 1. The second-order valence-corrected chi connectivity index (χ2v) is 9.56. The van der Waals surface area contributed by atoms with Crippen LogP contribution < -0.4 is 4.72 Å². The molecule has 0 aliphatic carbocycles. The van der Waals surface area contributed by atoms with E-state index in [1.54, 1.807) is 11.6 Å². The molecule has 0 amide bonds. The molecule has 158 valence electrons. The van der Waals surface area contributed by atoms with Crippen molar-refractivity contribution in [3.05, 3.63) is 77.6 Å². The summed E-state index contributed by atoms with van der Waals surface area (Å²) in [6, 6.07) is 19.9. The van der Waals surface area contributed by atoms with Crippen molar-refractivity contribution in [3.8, 4) is 5.69 Å². The molecule has 30 heavy (non-hydrogen) atoms. The van der Waals surface area contributed by atoms with E-state index in [1.807, 2.05) is 43.3 Å². The average molecular weight is 425 g/mol. The monoisotopic (exact) mass is 424 g/mol. The van der Waals surface area contributed by atoms with Gasteiger partial charge >= 0.3 is 0 Å². The first-order valence-electron chi connectivity index (χ1n) is 10.3. The van der Waals surface area contributed by atoms with Crippen molar-refractivity contribution < 1.29 is 8.42 Å². The Balaban J connectivity index is 1.44. The third-order valence-electron chi connectivity index (χ3n) is 5.65. The summed E-state index contributed by atoms with van der Waals surface area (Å²) < 4.78 is 31.0. The summed E-state index contributed by atoms with van der Waals surface area (Å²) in [5.41, 5.74) is 3.29. The minimum absolute atomic E-state index is 0.0547. The lowest BCUT2D eigenvalue weighted by Gasteiger charge is -2.32. The van der Waals surface area contributed by atoms with E-state index in [0.717, 1.165) is 38.2 Å². The second kappa shape index (κ2) is 8.71. The zero-order chi connectivity index (χ0) is 21.1. The van der Waals surface area contributed by atoms with Gasteiger partial charge < -0.3 is 0 Å². The van der Waals surface area contributed by atoms with Gasteiger partial charge in [0.1, 0.15) is 4.90 Å². The maximum atomic E-state index is 13.2. The first kappa shape index (κ1) is 20.8. The summed E-state index contributed by atoms with van der Waals surface area (Å²) in [6.07, 6.45) is 1.61. The van der Waals surface area contributed by atoms with Gasteiger partial charge in [0.2, 0.25) is 10.0 Å². The molecule has 0 bridgehead atoms. The van der Waals surface area contributed by atoms with Gasteiger partial charge in [0.15, 0.2) is 0 Å². The van der Waals surface area contributed by atoms with E-state index in [9.17, 15) is 8.42 Å². The molecule has 6 nitrogen and oxygen atoms in total. The van der Waals surface area contributed by atoms with E-state index in [4.69, 9.17) is 0 Å². The SMILES string of the molecule is Cc1nn(-c2ccccc2)c(C)c1S(=O)(=O)NC1CCN(Cc2ccccc2)CC1. The van der Waals surface area contributed by atoms with Crippen LogP contribution in [0, 0.1) is 13.8 Å². The van der Waals surface area contributed by atoms with E-state index >= 15 is 0 Å². The first-order chi connectivity index (χ1) is 14.4. The molecule has 1 N–H and O–H groups in total. The maximum Gasteiger partial charge on any atom is 0.244 e. The molecule has 0 atom stereocenters. The number of likely N-dealkylation sites (tertiary alicyclic amines) is 1. The number of rotatable bonds is 6.